The summed E-state index contributed by atoms with van der Waals surface area (Å²) < 4.78 is 78.4. The van der Waals surface area contributed by atoms with Gasteiger partial charge in [0, 0.05) is 17.7 Å². The Bertz CT molecular complexity index is 1330. The van der Waals surface area contributed by atoms with Gasteiger partial charge in [0.1, 0.15) is 11.9 Å². The number of carbonyl (C=O) groups is 2. The Morgan fingerprint density at radius 2 is 1.87 bits per heavy atom. The minimum atomic E-state index is -4.70. The number of aliphatic hydroxyl groups excluding tert-OH is 1. The predicted octanol–water partition coefficient (Wildman–Crippen LogP) is 3.73. The number of aliphatic hydroxyl groups is 1. The molecule has 1 aliphatic carbocycles. The third kappa shape index (κ3) is 6.01. The van der Waals surface area contributed by atoms with Crippen molar-refractivity contribution in [2.45, 2.75) is 49.3 Å². The lowest BCUT2D eigenvalue weighted by Gasteiger charge is -2.27. The molecule has 38 heavy (non-hydrogen) atoms. The molecule has 12 heteroatoms. The second kappa shape index (κ2) is 10.6. The van der Waals surface area contributed by atoms with Crippen molar-refractivity contribution in [1.82, 2.24) is 10.2 Å². The zero-order valence-corrected chi connectivity index (χ0v) is 21.4. The number of amides is 2. The molecule has 0 aromatic heterocycles. The maximum absolute atomic E-state index is 14.7. The zero-order valence-electron chi connectivity index (χ0n) is 20.5. The number of benzene rings is 2. The van der Waals surface area contributed by atoms with Gasteiger partial charge in [-0.25, -0.2) is 12.8 Å². The summed E-state index contributed by atoms with van der Waals surface area (Å²) in [5.74, 6) is -2.87. The van der Waals surface area contributed by atoms with E-state index in [-0.39, 0.29) is 34.4 Å². The van der Waals surface area contributed by atoms with E-state index in [1.54, 1.807) is 0 Å². The Labute approximate surface area is 217 Å². The fraction of sp³-hybridized carbons (Fsp3) is 0.462. The average Bonchev–Trinajstić information content (AvgIpc) is 3.62. The average molecular weight is 557 g/mol. The van der Waals surface area contributed by atoms with E-state index in [2.05, 4.69) is 5.32 Å². The minimum Gasteiger partial charge on any atom is -0.395 e. The van der Waals surface area contributed by atoms with Crippen molar-refractivity contribution in [3.8, 4) is 0 Å². The van der Waals surface area contributed by atoms with Gasteiger partial charge in [0.15, 0.2) is 9.84 Å². The summed E-state index contributed by atoms with van der Waals surface area (Å²) in [5, 5.41) is 11.8. The number of hydrogen-bond donors (Lipinski definition) is 2. The molecule has 3 atom stereocenters. The first kappa shape index (κ1) is 28.0. The maximum atomic E-state index is 14.7. The maximum Gasteiger partial charge on any atom is 0.416 e. The van der Waals surface area contributed by atoms with Crippen LogP contribution in [0.25, 0.3) is 0 Å². The molecule has 1 saturated carbocycles. The van der Waals surface area contributed by atoms with Gasteiger partial charge in [-0.15, -0.1) is 0 Å². The topological polar surface area (TPSA) is 104 Å². The first-order valence-electron chi connectivity index (χ1n) is 12.2. The molecular formula is C26H28F4N2O5S. The standard InChI is InChI=1S/C26H28F4N2O5S/c1-15-11-22(32(14-15)25(35)17-3-2-4-19(12-17)38(36,37)10-9-33)24(34)31-23(16-5-6-16)20-8-7-18(13-21(20)27)26(28,29)30/h2-4,7-8,12-13,15-16,22-23,33H,5-6,9-11,14H2,1H3,(H,31,34)/t15-,22-,23-/m1/s1. The molecule has 4 rings (SSSR count). The number of nitrogens with zero attached hydrogens (tertiary/aromatic N) is 1. The second-order valence-electron chi connectivity index (χ2n) is 9.94. The van der Waals surface area contributed by atoms with Crippen LogP contribution < -0.4 is 5.32 Å². The van der Waals surface area contributed by atoms with Gasteiger partial charge in [-0.2, -0.15) is 13.2 Å². The molecule has 0 spiro atoms. The lowest BCUT2D eigenvalue weighted by molar-refractivity contribution is -0.137. The Morgan fingerprint density at radius 3 is 2.47 bits per heavy atom. The molecule has 1 aliphatic heterocycles. The largest absolute Gasteiger partial charge is 0.416 e. The van der Waals surface area contributed by atoms with Gasteiger partial charge in [0.2, 0.25) is 5.91 Å². The van der Waals surface area contributed by atoms with Crippen LogP contribution in [0.4, 0.5) is 17.6 Å². The molecule has 2 aromatic rings. The molecule has 2 aliphatic rings. The Balaban J connectivity index is 1.56. The monoisotopic (exact) mass is 556 g/mol. The molecule has 2 fully saturated rings. The van der Waals surface area contributed by atoms with Crippen molar-refractivity contribution in [3.63, 3.8) is 0 Å². The first-order valence-corrected chi connectivity index (χ1v) is 13.9. The van der Waals surface area contributed by atoms with Gasteiger partial charge in [-0.05, 0) is 61.4 Å². The van der Waals surface area contributed by atoms with Crippen LogP contribution in [0.2, 0.25) is 0 Å². The van der Waals surface area contributed by atoms with Gasteiger partial charge in [-0.3, -0.25) is 9.59 Å². The van der Waals surface area contributed by atoms with Crippen LogP contribution >= 0.6 is 0 Å². The number of sulfone groups is 1. The van der Waals surface area contributed by atoms with E-state index in [1.807, 2.05) is 6.92 Å². The SMILES string of the molecule is C[C@@H]1C[C@H](C(=O)N[C@@H](c2ccc(C(F)(F)F)cc2F)C2CC2)N(C(=O)c2cccc(S(=O)(=O)CCO)c2)C1. The number of nitrogens with one attached hydrogen (secondary N) is 1. The summed E-state index contributed by atoms with van der Waals surface area (Å²) in [7, 11) is -3.80. The number of hydrogen-bond acceptors (Lipinski definition) is 5. The van der Waals surface area contributed by atoms with Crippen LogP contribution in [0, 0.1) is 17.7 Å². The summed E-state index contributed by atoms with van der Waals surface area (Å²) >= 11 is 0. The second-order valence-corrected chi connectivity index (χ2v) is 12.1. The quantitative estimate of drug-likeness (QED) is 0.483. The molecule has 2 amide bonds. The Kier molecular flexibility index (Phi) is 7.85. The molecule has 0 bridgehead atoms. The van der Waals surface area contributed by atoms with Gasteiger partial charge in [0.05, 0.1) is 28.9 Å². The van der Waals surface area contributed by atoms with Gasteiger partial charge in [-0.1, -0.05) is 19.1 Å². The van der Waals surface area contributed by atoms with Crippen LogP contribution in [-0.4, -0.2) is 55.2 Å². The third-order valence-electron chi connectivity index (χ3n) is 6.93. The highest BCUT2D eigenvalue weighted by Crippen LogP contribution is 2.43. The first-order chi connectivity index (χ1) is 17.8. The van der Waals surface area contributed by atoms with Crippen LogP contribution in [0.3, 0.4) is 0 Å². The molecule has 1 heterocycles. The van der Waals surface area contributed by atoms with Crippen molar-refractivity contribution >= 4 is 21.7 Å². The van der Waals surface area contributed by atoms with Crippen LogP contribution in [0.15, 0.2) is 47.4 Å². The van der Waals surface area contributed by atoms with Gasteiger partial charge in [0.25, 0.3) is 5.91 Å². The summed E-state index contributed by atoms with van der Waals surface area (Å²) in [6.45, 7) is 1.50. The van der Waals surface area contributed by atoms with Crippen molar-refractivity contribution < 1.29 is 40.7 Å². The lowest BCUT2D eigenvalue weighted by Crippen LogP contribution is -2.47. The van der Waals surface area contributed by atoms with E-state index in [4.69, 9.17) is 5.11 Å². The number of carbonyl (C=O) groups excluding carboxylic acids is 2. The summed E-state index contributed by atoms with van der Waals surface area (Å²) in [6, 6.07) is 5.84. The van der Waals surface area contributed by atoms with Crippen molar-refractivity contribution in [2.24, 2.45) is 11.8 Å². The number of likely N-dealkylation sites (tertiary alicyclic amines) is 1. The normalized spacial score (nSPS) is 20.8. The van der Waals surface area contributed by atoms with E-state index in [0.717, 1.165) is 12.1 Å². The van der Waals surface area contributed by atoms with E-state index >= 15 is 0 Å². The Morgan fingerprint density at radius 1 is 1.16 bits per heavy atom. The summed E-state index contributed by atoms with van der Waals surface area (Å²) in [4.78, 5) is 27.9. The minimum absolute atomic E-state index is 0.0421. The van der Waals surface area contributed by atoms with Crippen molar-refractivity contribution in [3.05, 3.63) is 65.0 Å². The van der Waals surface area contributed by atoms with Gasteiger partial charge < -0.3 is 15.3 Å². The molecule has 206 valence electrons. The van der Waals surface area contributed by atoms with E-state index in [0.29, 0.717) is 25.3 Å². The fourth-order valence-electron chi connectivity index (χ4n) is 4.83. The van der Waals surface area contributed by atoms with Crippen LogP contribution in [0.1, 0.15) is 53.7 Å². The molecular weight excluding hydrogens is 528 g/mol. The molecule has 2 aromatic carbocycles. The number of halogens is 4. The highest BCUT2D eigenvalue weighted by atomic mass is 32.2. The van der Waals surface area contributed by atoms with Crippen LogP contribution in [0.5, 0.6) is 0 Å². The molecule has 0 unspecified atom stereocenters. The van der Waals surface area contributed by atoms with Crippen molar-refractivity contribution in [1.29, 1.82) is 0 Å². The molecule has 1 saturated heterocycles. The third-order valence-corrected chi connectivity index (χ3v) is 8.62. The smallest absolute Gasteiger partial charge is 0.395 e. The summed E-state index contributed by atoms with van der Waals surface area (Å²) in [6.07, 6.45) is -3.05. The van der Waals surface area contributed by atoms with Crippen LogP contribution in [-0.2, 0) is 20.8 Å². The lowest BCUT2D eigenvalue weighted by atomic mass is 9.98. The Hall–Kier alpha value is -2.99. The fourth-order valence-corrected chi connectivity index (χ4v) is 5.90. The number of alkyl halides is 3. The van der Waals surface area contributed by atoms with E-state index < -0.39 is 63.7 Å². The molecule has 2 N–H and O–H groups in total. The highest BCUT2D eigenvalue weighted by molar-refractivity contribution is 7.91. The molecule has 0 radical (unpaired) electrons. The van der Waals surface area contributed by atoms with E-state index in [9.17, 15) is 35.6 Å². The zero-order chi connectivity index (χ0) is 27.8. The van der Waals surface area contributed by atoms with Gasteiger partial charge >= 0.3 is 6.18 Å². The van der Waals surface area contributed by atoms with Crippen molar-refractivity contribution in [2.75, 3.05) is 18.9 Å². The highest BCUT2D eigenvalue weighted by Gasteiger charge is 2.42. The van der Waals surface area contributed by atoms with E-state index in [1.165, 1.54) is 29.2 Å². The predicted molar refractivity (Wildman–Crippen MR) is 129 cm³/mol. The summed E-state index contributed by atoms with van der Waals surface area (Å²) in [5.41, 5.74) is -1.10. The molecule has 7 nitrogen and oxygen atoms in total. The number of rotatable bonds is 8.